The molecule has 0 aliphatic heterocycles. The lowest BCUT2D eigenvalue weighted by Crippen LogP contribution is -2.38. The fraction of sp³-hybridized carbons (Fsp3) is 0.467. The highest BCUT2D eigenvalue weighted by atomic mass is 16.5. The van der Waals surface area contributed by atoms with Gasteiger partial charge in [0.15, 0.2) is 0 Å². The summed E-state index contributed by atoms with van der Waals surface area (Å²) in [6.07, 6.45) is -0.539. The van der Waals surface area contributed by atoms with Crippen LogP contribution in [0.2, 0.25) is 0 Å². The van der Waals surface area contributed by atoms with Crippen molar-refractivity contribution in [1.82, 2.24) is 4.90 Å². The van der Waals surface area contributed by atoms with Crippen molar-refractivity contribution in [3.63, 3.8) is 0 Å². The standard InChI is InChI=1S/C15H21NO4/c1-11-4-6-13(7-5-11)15(19)16(10-12(2)17)9-8-14(18)20-3/h4-7,12,17H,8-10H2,1-3H3. The smallest absolute Gasteiger partial charge is 0.307 e. The van der Waals surface area contributed by atoms with Gasteiger partial charge in [0.25, 0.3) is 5.91 Å². The van der Waals surface area contributed by atoms with Crippen LogP contribution in [0.15, 0.2) is 24.3 Å². The molecule has 0 aliphatic carbocycles. The molecule has 0 saturated heterocycles. The molecule has 0 saturated carbocycles. The van der Waals surface area contributed by atoms with Crippen LogP contribution in [0.3, 0.4) is 0 Å². The molecule has 110 valence electrons. The van der Waals surface area contributed by atoms with Crippen molar-refractivity contribution >= 4 is 11.9 Å². The molecular weight excluding hydrogens is 258 g/mol. The molecule has 1 unspecified atom stereocenters. The Morgan fingerprint density at radius 3 is 2.40 bits per heavy atom. The van der Waals surface area contributed by atoms with Crippen molar-refractivity contribution in [2.24, 2.45) is 0 Å². The summed E-state index contributed by atoms with van der Waals surface area (Å²) < 4.78 is 4.57. The molecule has 0 spiro atoms. The van der Waals surface area contributed by atoms with Crippen molar-refractivity contribution in [1.29, 1.82) is 0 Å². The van der Waals surface area contributed by atoms with Gasteiger partial charge in [-0.15, -0.1) is 0 Å². The monoisotopic (exact) mass is 279 g/mol. The molecule has 0 aromatic heterocycles. The summed E-state index contributed by atoms with van der Waals surface area (Å²) >= 11 is 0. The molecular formula is C15H21NO4. The highest BCUT2D eigenvalue weighted by Gasteiger charge is 2.18. The fourth-order valence-corrected chi connectivity index (χ4v) is 1.80. The van der Waals surface area contributed by atoms with Crippen molar-refractivity contribution in [2.75, 3.05) is 20.2 Å². The van der Waals surface area contributed by atoms with Gasteiger partial charge in [0.05, 0.1) is 19.6 Å². The van der Waals surface area contributed by atoms with Crippen LogP contribution in [0.1, 0.15) is 29.3 Å². The van der Waals surface area contributed by atoms with Gasteiger partial charge in [-0.2, -0.15) is 0 Å². The molecule has 1 aromatic carbocycles. The summed E-state index contributed by atoms with van der Waals surface area (Å²) in [5, 5.41) is 9.48. The maximum absolute atomic E-state index is 12.4. The Morgan fingerprint density at radius 2 is 1.90 bits per heavy atom. The molecule has 1 N–H and O–H groups in total. The van der Waals surface area contributed by atoms with Gasteiger partial charge in [0.2, 0.25) is 0 Å². The second-order valence-corrected chi connectivity index (χ2v) is 4.79. The van der Waals surface area contributed by atoms with E-state index in [4.69, 9.17) is 0 Å². The number of ether oxygens (including phenoxy) is 1. The van der Waals surface area contributed by atoms with E-state index in [1.54, 1.807) is 19.1 Å². The molecule has 1 amide bonds. The van der Waals surface area contributed by atoms with E-state index in [9.17, 15) is 14.7 Å². The average molecular weight is 279 g/mol. The van der Waals surface area contributed by atoms with E-state index >= 15 is 0 Å². The van der Waals surface area contributed by atoms with Crippen LogP contribution in [0.5, 0.6) is 0 Å². The molecule has 20 heavy (non-hydrogen) atoms. The van der Waals surface area contributed by atoms with Crippen LogP contribution in [0.25, 0.3) is 0 Å². The van der Waals surface area contributed by atoms with E-state index < -0.39 is 6.10 Å². The molecule has 1 rings (SSSR count). The van der Waals surface area contributed by atoms with Crippen LogP contribution in [-0.2, 0) is 9.53 Å². The lowest BCUT2D eigenvalue weighted by molar-refractivity contribution is -0.140. The zero-order valence-corrected chi connectivity index (χ0v) is 12.1. The topological polar surface area (TPSA) is 66.8 Å². The van der Waals surface area contributed by atoms with Crippen LogP contribution in [-0.4, -0.2) is 48.2 Å². The van der Waals surface area contributed by atoms with Gasteiger partial charge >= 0.3 is 5.97 Å². The third-order valence-corrected chi connectivity index (χ3v) is 2.88. The maximum atomic E-state index is 12.4. The number of methoxy groups -OCH3 is 1. The summed E-state index contributed by atoms with van der Waals surface area (Å²) in [5.74, 6) is -0.577. The van der Waals surface area contributed by atoms with Gasteiger partial charge in [-0.3, -0.25) is 9.59 Å². The first-order chi connectivity index (χ1) is 9.43. The number of amides is 1. The first-order valence-electron chi connectivity index (χ1n) is 6.55. The molecule has 1 aromatic rings. The van der Waals surface area contributed by atoms with E-state index in [0.29, 0.717) is 5.56 Å². The summed E-state index contributed by atoms with van der Waals surface area (Å²) in [4.78, 5) is 25.0. The average Bonchev–Trinajstić information content (AvgIpc) is 2.42. The zero-order valence-electron chi connectivity index (χ0n) is 12.1. The van der Waals surface area contributed by atoms with E-state index in [0.717, 1.165) is 5.56 Å². The minimum absolute atomic E-state index is 0.112. The Bertz CT molecular complexity index is 453. The number of benzene rings is 1. The SMILES string of the molecule is COC(=O)CCN(CC(C)O)C(=O)c1ccc(C)cc1. The number of hydrogen-bond acceptors (Lipinski definition) is 4. The van der Waals surface area contributed by atoms with E-state index in [2.05, 4.69) is 4.74 Å². The number of rotatable bonds is 6. The third kappa shape index (κ3) is 5.01. The minimum Gasteiger partial charge on any atom is -0.469 e. The molecule has 0 radical (unpaired) electrons. The highest BCUT2D eigenvalue weighted by Crippen LogP contribution is 2.09. The summed E-state index contributed by atoms with van der Waals surface area (Å²) in [6.45, 7) is 3.96. The Morgan fingerprint density at radius 1 is 1.30 bits per heavy atom. The number of hydrogen-bond donors (Lipinski definition) is 1. The molecule has 5 heteroatoms. The van der Waals surface area contributed by atoms with E-state index in [-0.39, 0.29) is 31.4 Å². The van der Waals surface area contributed by atoms with E-state index in [1.807, 2.05) is 19.1 Å². The lowest BCUT2D eigenvalue weighted by Gasteiger charge is -2.23. The predicted octanol–water partition coefficient (Wildman–Crippen LogP) is 1.38. The molecule has 1 atom stereocenters. The quantitative estimate of drug-likeness (QED) is 0.799. The van der Waals surface area contributed by atoms with Gasteiger partial charge in [-0.1, -0.05) is 17.7 Å². The number of carbonyl (C=O) groups excluding carboxylic acids is 2. The van der Waals surface area contributed by atoms with Crippen LogP contribution < -0.4 is 0 Å². The van der Waals surface area contributed by atoms with Crippen LogP contribution >= 0.6 is 0 Å². The summed E-state index contributed by atoms with van der Waals surface area (Å²) in [6, 6.07) is 7.19. The normalized spacial score (nSPS) is 11.8. The third-order valence-electron chi connectivity index (χ3n) is 2.88. The number of aliphatic hydroxyl groups is 1. The second kappa shape index (κ2) is 7.65. The van der Waals surface area contributed by atoms with Gasteiger partial charge < -0.3 is 14.7 Å². The largest absolute Gasteiger partial charge is 0.469 e. The number of aryl methyl sites for hydroxylation is 1. The van der Waals surface area contributed by atoms with Gasteiger partial charge in [-0.05, 0) is 26.0 Å². The summed E-state index contributed by atoms with van der Waals surface area (Å²) in [7, 11) is 1.31. The predicted molar refractivity (Wildman–Crippen MR) is 75.4 cm³/mol. The Hall–Kier alpha value is -1.88. The van der Waals surface area contributed by atoms with Crippen molar-refractivity contribution in [2.45, 2.75) is 26.4 Å². The molecule has 0 aliphatic rings. The number of esters is 1. The van der Waals surface area contributed by atoms with Crippen molar-refractivity contribution in [3.8, 4) is 0 Å². The fourth-order valence-electron chi connectivity index (χ4n) is 1.80. The van der Waals surface area contributed by atoms with Crippen molar-refractivity contribution < 1.29 is 19.4 Å². The van der Waals surface area contributed by atoms with Gasteiger partial charge in [0, 0.05) is 18.7 Å². The van der Waals surface area contributed by atoms with Crippen LogP contribution in [0.4, 0.5) is 0 Å². The molecule has 5 nitrogen and oxygen atoms in total. The first-order valence-corrected chi connectivity index (χ1v) is 6.55. The molecule has 0 fully saturated rings. The number of aliphatic hydroxyl groups excluding tert-OH is 1. The number of nitrogens with zero attached hydrogens (tertiary/aromatic N) is 1. The van der Waals surface area contributed by atoms with Crippen LogP contribution in [0, 0.1) is 6.92 Å². The molecule has 0 bridgehead atoms. The second-order valence-electron chi connectivity index (χ2n) is 4.79. The Balaban J connectivity index is 2.78. The molecule has 0 heterocycles. The lowest BCUT2D eigenvalue weighted by atomic mass is 10.1. The maximum Gasteiger partial charge on any atom is 0.307 e. The summed E-state index contributed by atoms with van der Waals surface area (Å²) in [5.41, 5.74) is 1.61. The minimum atomic E-state index is -0.651. The van der Waals surface area contributed by atoms with Gasteiger partial charge in [-0.25, -0.2) is 0 Å². The Labute approximate surface area is 119 Å². The van der Waals surface area contributed by atoms with Crippen molar-refractivity contribution in [3.05, 3.63) is 35.4 Å². The van der Waals surface area contributed by atoms with Gasteiger partial charge in [0.1, 0.15) is 0 Å². The number of carbonyl (C=O) groups is 2. The zero-order chi connectivity index (χ0) is 15.1. The first kappa shape index (κ1) is 16.2. The van der Waals surface area contributed by atoms with E-state index in [1.165, 1.54) is 12.0 Å². The highest BCUT2D eigenvalue weighted by molar-refractivity contribution is 5.94. The Kier molecular flexibility index (Phi) is 6.18.